The molecular weight excluding hydrogens is 314 g/mol. The highest BCUT2D eigenvalue weighted by Gasteiger charge is 2.30. The van der Waals surface area contributed by atoms with Crippen molar-refractivity contribution >= 4 is 23.2 Å². The first-order valence-electron chi connectivity index (χ1n) is 7.40. The van der Waals surface area contributed by atoms with E-state index >= 15 is 0 Å². The second kappa shape index (κ2) is 6.08. The lowest BCUT2D eigenvalue weighted by Crippen LogP contribution is -2.33. The predicted molar refractivity (Wildman–Crippen MR) is 85.8 cm³/mol. The van der Waals surface area contributed by atoms with Crippen LogP contribution in [0, 0.1) is 6.92 Å². The Hall–Kier alpha value is -2.28. The number of aryl methyl sites for hydroxylation is 2. The molecule has 23 heavy (non-hydrogen) atoms. The number of carboxylic acids is 1. The highest BCUT2D eigenvalue weighted by atomic mass is 32.1. The number of carbonyl (C=O) groups excluding carboxylic acids is 1. The van der Waals surface area contributed by atoms with Crippen molar-refractivity contribution in [1.29, 1.82) is 0 Å². The lowest BCUT2D eigenvalue weighted by molar-refractivity contribution is 0.0690. The van der Waals surface area contributed by atoms with Crippen molar-refractivity contribution in [1.82, 2.24) is 14.9 Å². The highest BCUT2D eigenvalue weighted by Crippen LogP contribution is 2.37. The standard InChI is InChI=1S/C16H17N3O3S/c1-9-18-11-4-3-5-13(14(11)23-9)19(2)15(20)10-6-7-17-12(8-10)16(21)22/h6-8,13H,3-5H2,1-2H3,(H,21,22). The lowest BCUT2D eigenvalue weighted by atomic mass is 9.96. The van der Waals surface area contributed by atoms with E-state index in [4.69, 9.17) is 5.11 Å². The molecule has 2 aromatic heterocycles. The number of thiazole rings is 1. The second-order valence-electron chi connectivity index (χ2n) is 5.60. The molecule has 2 aromatic rings. The Kier molecular flexibility index (Phi) is 4.12. The predicted octanol–water partition coefficient (Wildman–Crippen LogP) is 2.69. The fourth-order valence-corrected chi connectivity index (χ4v) is 4.07. The molecule has 1 atom stereocenters. The Labute approximate surface area is 137 Å². The zero-order valence-electron chi connectivity index (χ0n) is 12.9. The van der Waals surface area contributed by atoms with Crippen LogP contribution < -0.4 is 0 Å². The maximum atomic E-state index is 12.7. The molecule has 120 valence electrons. The molecule has 7 heteroatoms. The first kappa shape index (κ1) is 15.6. The van der Waals surface area contributed by atoms with E-state index in [9.17, 15) is 9.59 Å². The quantitative estimate of drug-likeness (QED) is 0.935. The summed E-state index contributed by atoms with van der Waals surface area (Å²) >= 11 is 1.64. The second-order valence-corrected chi connectivity index (χ2v) is 6.84. The molecule has 1 unspecified atom stereocenters. The van der Waals surface area contributed by atoms with Gasteiger partial charge >= 0.3 is 5.97 Å². The molecule has 0 aliphatic heterocycles. The Morgan fingerprint density at radius 2 is 2.22 bits per heavy atom. The summed E-state index contributed by atoms with van der Waals surface area (Å²) in [5, 5.41) is 10.0. The molecule has 6 nitrogen and oxygen atoms in total. The minimum atomic E-state index is -1.14. The molecule has 2 heterocycles. The van der Waals surface area contributed by atoms with Gasteiger partial charge in [-0.3, -0.25) is 4.79 Å². The lowest BCUT2D eigenvalue weighted by Gasteiger charge is -2.30. The van der Waals surface area contributed by atoms with Gasteiger partial charge in [-0.1, -0.05) is 0 Å². The number of aromatic carboxylic acids is 1. The van der Waals surface area contributed by atoms with Crippen LogP contribution in [0.3, 0.4) is 0 Å². The molecular formula is C16H17N3O3S. The number of pyridine rings is 1. The molecule has 1 aliphatic rings. The SMILES string of the molecule is Cc1nc2c(s1)C(N(C)C(=O)c1ccnc(C(=O)O)c1)CCC2. The third-order valence-corrected chi connectivity index (χ3v) is 5.16. The summed E-state index contributed by atoms with van der Waals surface area (Å²) in [7, 11) is 1.76. The van der Waals surface area contributed by atoms with Gasteiger partial charge in [0.2, 0.25) is 0 Å². The van der Waals surface area contributed by atoms with Gasteiger partial charge in [0.05, 0.1) is 21.6 Å². The number of carboxylic acid groups (broad SMARTS) is 1. The van der Waals surface area contributed by atoms with Crippen LogP contribution in [-0.4, -0.2) is 38.9 Å². The molecule has 1 aliphatic carbocycles. The highest BCUT2D eigenvalue weighted by molar-refractivity contribution is 7.11. The van der Waals surface area contributed by atoms with Gasteiger partial charge in [-0.05, 0) is 38.3 Å². The molecule has 0 saturated heterocycles. The van der Waals surface area contributed by atoms with E-state index in [1.54, 1.807) is 29.4 Å². The van der Waals surface area contributed by atoms with E-state index < -0.39 is 5.97 Å². The maximum absolute atomic E-state index is 12.7. The molecule has 0 radical (unpaired) electrons. The molecule has 1 amide bonds. The van der Waals surface area contributed by atoms with Crippen molar-refractivity contribution in [2.45, 2.75) is 32.2 Å². The molecule has 1 N–H and O–H groups in total. The van der Waals surface area contributed by atoms with Crippen LogP contribution in [0.5, 0.6) is 0 Å². The first-order valence-corrected chi connectivity index (χ1v) is 8.21. The van der Waals surface area contributed by atoms with Gasteiger partial charge in [-0.25, -0.2) is 14.8 Å². The largest absolute Gasteiger partial charge is 0.477 e. The van der Waals surface area contributed by atoms with E-state index in [2.05, 4.69) is 9.97 Å². The summed E-state index contributed by atoms with van der Waals surface area (Å²) < 4.78 is 0. The number of amides is 1. The fraction of sp³-hybridized carbons (Fsp3) is 0.375. The monoisotopic (exact) mass is 331 g/mol. The molecule has 0 saturated carbocycles. The third-order valence-electron chi connectivity index (χ3n) is 4.04. The van der Waals surface area contributed by atoms with Crippen LogP contribution in [0.2, 0.25) is 0 Å². The van der Waals surface area contributed by atoms with Crippen molar-refractivity contribution in [3.63, 3.8) is 0 Å². The summed E-state index contributed by atoms with van der Waals surface area (Å²) in [4.78, 5) is 34.9. The zero-order valence-corrected chi connectivity index (χ0v) is 13.8. The van der Waals surface area contributed by atoms with Crippen LogP contribution >= 0.6 is 11.3 Å². The summed E-state index contributed by atoms with van der Waals surface area (Å²) in [6.07, 6.45) is 4.20. The number of aromatic nitrogens is 2. The molecule has 0 spiro atoms. The van der Waals surface area contributed by atoms with Crippen molar-refractivity contribution in [3.8, 4) is 0 Å². The van der Waals surface area contributed by atoms with Crippen LogP contribution in [0.25, 0.3) is 0 Å². The number of hydrogen-bond acceptors (Lipinski definition) is 5. The van der Waals surface area contributed by atoms with E-state index in [-0.39, 0.29) is 17.6 Å². The minimum absolute atomic E-state index is 0.00102. The molecule has 3 rings (SSSR count). The number of carbonyl (C=O) groups is 2. The van der Waals surface area contributed by atoms with Crippen LogP contribution in [0.4, 0.5) is 0 Å². The molecule has 0 bridgehead atoms. The number of nitrogens with zero attached hydrogens (tertiary/aromatic N) is 3. The Morgan fingerprint density at radius 1 is 1.43 bits per heavy atom. The fourth-order valence-electron chi connectivity index (χ4n) is 2.91. The van der Waals surface area contributed by atoms with Gasteiger partial charge in [-0.2, -0.15) is 0 Å². The first-order chi connectivity index (χ1) is 11.0. The number of rotatable bonds is 3. The van der Waals surface area contributed by atoms with Gasteiger partial charge in [0.15, 0.2) is 0 Å². The van der Waals surface area contributed by atoms with Gasteiger partial charge in [0, 0.05) is 18.8 Å². The van der Waals surface area contributed by atoms with E-state index in [0.29, 0.717) is 5.56 Å². The van der Waals surface area contributed by atoms with Crippen LogP contribution in [0.15, 0.2) is 18.3 Å². The summed E-state index contributed by atoms with van der Waals surface area (Å²) in [5.41, 5.74) is 1.31. The van der Waals surface area contributed by atoms with E-state index in [0.717, 1.165) is 34.8 Å². The Balaban J connectivity index is 1.89. The molecule has 0 aromatic carbocycles. The van der Waals surface area contributed by atoms with Crippen molar-refractivity contribution in [3.05, 3.63) is 45.2 Å². The topological polar surface area (TPSA) is 83.4 Å². The van der Waals surface area contributed by atoms with Gasteiger partial charge < -0.3 is 10.0 Å². The van der Waals surface area contributed by atoms with Crippen LogP contribution in [0.1, 0.15) is 55.3 Å². The average Bonchev–Trinajstić information content (AvgIpc) is 2.93. The summed E-state index contributed by atoms with van der Waals surface area (Å²) in [6.45, 7) is 1.98. The van der Waals surface area contributed by atoms with Gasteiger partial charge in [0.1, 0.15) is 5.69 Å². The van der Waals surface area contributed by atoms with Crippen LogP contribution in [-0.2, 0) is 6.42 Å². The third kappa shape index (κ3) is 2.96. The zero-order chi connectivity index (χ0) is 16.6. The minimum Gasteiger partial charge on any atom is -0.477 e. The Morgan fingerprint density at radius 3 is 2.96 bits per heavy atom. The maximum Gasteiger partial charge on any atom is 0.354 e. The summed E-state index contributed by atoms with van der Waals surface area (Å²) in [6, 6.07) is 2.87. The van der Waals surface area contributed by atoms with E-state index in [1.807, 2.05) is 6.92 Å². The molecule has 0 fully saturated rings. The van der Waals surface area contributed by atoms with E-state index in [1.165, 1.54) is 12.3 Å². The van der Waals surface area contributed by atoms with Gasteiger partial charge in [-0.15, -0.1) is 11.3 Å². The van der Waals surface area contributed by atoms with Gasteiger partial charge in [0.25, 0.3) is 5.91 Å². The Bertz CT molecular complexity index is 772. The van der Waals surface area contributed by atoms with Crippen molar-refractivity contribution in [2.24, 2.45) is 0 Å². The van der Waals surface area contributed by atoms with Crippen molar-refractivity contribution < 1.29 is 14.7 Å². The van der Waals surface area contributed by atoms with Crippen molar-refractivity contribution in [2.75, 3.05) is 7.05 Å². The normalized spacial score (nSPS) is 16.7. The number of fused-ring (bicyclic) bond motifs is 1. The number of hydrogen-bond donors (Lipinski definition) is 1. The average molecular weight is 331 g/mol. The smallest absolute Gasteiger partial charge is 0.354 e. The summed E-state index contributed by atoms with van der Waals surface area (Å²) in [5.74, 6) is -1.33.